The van der Waals surface area contributed by atoms with Gasteiger partial charge in [-0.25, -0.2) is 0 Å². The van der Waals surface area contributed by atoms with Gasteiger partial charge in [-0.15, -0.1) is 0 Å². The topological polar surface area (TPSA) is 60.8 Å². The van der Waals surface area contributed by atoms with Gasteiger partial charge < -0.3 is 15.1 Å². The van der Waals surface area contributed by atoms with Crippen LogP contribution < -0.4 is 0 Å². The summed E-state index contributed by atoms with van der Waals surface area (Å²) in [5.41, 5.74) is 0. The average molecular weight is 412 g/mol. The fraction of sp³-hybridized carbons (Fsp3) is 0.880. The zero-order valence-electron chi connectivity index (χ0n) is 19.4. The molecule has 4 heteroatoms. The van der Waals surface area contributed by atoms with Crippen LogP contribution >= 0.6 is 0 Å². The van der Waals surface area contributed by atoms with Crippen molar-refractivity contribution in [3.63, 3.8) is 0 Å². The maximum atomic E-state index is 11.8. The first-order chi connectivity index (χ1) is 14.1. The lowest BCUT2D eigenvalue weighted by Gasteiger charge is -2.17. The van der Waals surface area contributed by atoms with Gasteiger partial charge >= 0.3 is 0 Å². The molecule has 0 atom stereocenters. The van der Waals surface area contributed by atoms with E-state index in [-0.39, 0.29) is 12.5 Å². The van der Waals surface area contributed by atoms with Gasteiger partial charge in [0.05, 0.1) is 6.54 Å². The number of aliphatic hydroxyl groups excluding tert-OH is 1. The van der Waals surface area contributed by atoms with Crippen LogP contribution in [0.1, 0.15) is 122 Å². The van der Waals surface area contributed by atoms with E-state index in [1.165, 1.54) is 101 Å². The molecule has 0 rings (SSSR count). The summed E-state index contributed by atoms with van der Waals surface area (Å²) in [4.78, 5) is 13.2. The van der Waals surface area contributed by atoms with Crippen LogP contribution in [0.15, 0.2) is 12.2 Å². The summed E-state index contributed by atoms with van der Waals surface area (Å²) in [6, 6.07) is 0. The molecule has 0 aromatic heterocycles. The molecule has 29 heavy (non-hydrogen) atoms. The quantitative estimate of drug-likeness (QED) is 0.131. The standard InChI is InChI=1S/C25H49NO3/c1-3-4-5-6-7-8-9-10-11-12-13-14-15-16-17-18-19-20-21-22-24(27)26(2)23-25(28)29/h10-11,25,28-29H,3-9,12-23H2,1-2H3/b11-10-. The first kappa shape index (κ1) is 28.1. The lowest BCUT2D eigenvalue weighted by Crippen LogP contribution is -2.33. The highest BCUT2D eigenvalue weighted by molar-refractivity contribution is 5.75. The maximum absolute atomic E-state index is 11.8. The molecule has 0 aliphatic heterocycles. The Hall–Kier alpha value is -0.870. The van der Waals surface area contributed by atoms with Crippen LogP contribution in [0.2, 0.25) is 0 Å². The van der Waals surface area contributed by atoms with Gasteiger partial charge in [0.15, 0.2) is 6.29 Å². The van der Waals surface area contributed by atoms with Crippen LogP contribution in [0.5, 0.6) is 0 Å². The highest BCUT2D eigenvalue weighted by atomic mass is 16.5. The number of rotatable bonds is 21. The molecule has 4 nitrogen and oxygen atoms in total. The van der Waals surface area contributed by atoms with Crippen molar-refractivity contribution in [1.29, 1.82) is 0 Å². The third kappa shape index (κ3) is 21.7. The second-order valence-corrected chi connectivity index (χ2v) is 8.50. The van der Waals surface area contributed by atoms with Gasteiger partial charge in [-0.2, -0.15) is 0 Å². The van der Waals surface area contributed by atoms with Crippen LogP contribution in [0.3, 0.4) is 0 Å². The van der Waals surface area contributed by atoms with Gasteiger partial charge in [-0.3, -0.25) is 4.79 Å². The van der Waals surface area contributed by atoms with Gasteiger partial charge in [0.2, 0.25) is 5.91 Å². The average Bonchev–Trinajstić information content (AvgIpc) is 2.69. The molecule has 0 heterocycles. The molecule has 0 aromatic carbocycles. The lowest BCUT2D eigenvalue weighted by molar-refractivity contribution is -0.135. The Morgan fingerprint density at radius 2 is 1.14 bits per heavy atom. The van der Waals surface area contributed by atoms with Crippen molar-refractivity contribution in [2.45, 2.75) is 129 Å². The van der Waals surface area contributed by atoms with Crippen molar-refractivity contribution in [2.75, 3.05) is 13.6 Å². The van der Waals surface area contributed by atoms with E-state index < -0.39 is 6.29 Å². The normalized spacial score (nSPS) is 11.6. The van der Waals surface area contributed by atoms with E-state index in [1.54, 1.807) is 7.05 Å². The Morgan fingerprint density at radius 3 is 1.59 bits per heavy atom. The molecular formula is C25H49NO3. The van der Waals surface area contributed by atoms with Gasteiger partial charge in [0, 0.05) is 13.5 Å². The summed E-state index contributed by atoms with van der Waals surface area (Å²) in [6.45, 7) is 2.26. The van der Waals surface area contributed by atoms with E-state index in [1.807, 2.05) is 0 Å². The van der Waals surface area contributed by atoms with Crippen LogP contribution in [0, 0.1) is 0 Å². The Bertz CT molecular complexity index is 382. The van der Waals surface area contributed by atoms with Gasteiger partial charge in [0.1, 0.15) is 0 Å². The number of carbonyl (C=O) groups is 1. The van der Waals surface area contributed by atoms with E-state index in [4.69, 9.17) is 10.2 Å². The first-order valence-electron chi connectivity index (χ1n) is 12.3. The molecule has 172 valence electrons. The van der Waals surface area contributed by atoms with E-state index >= 15 is 0 Å². The summed E-state index contributed by atoms with van der Waals surface area (Å²) in [6.07, 6.45) is 25.7. The van der Waals surface area contributed by atoms with Gasteiger partial charge in [-0.05, 0) is 32.1 Å². The van der Waals surface area contributed by atoms with Crippen molar-refractivity contribution in [2.24, 2.45) is 0 Å². The minimum Gasteiger partial charge on any atom is -0.367 e. The first-order valence-corrected chi connectivity index (χ1v) is 12.3. The number of likely N-dealkylation sites (N-methyl/N-ethyl adjacent to an activating group) is 1. The van der Waals surface area contributed by atoms with Crippen molar-refractivity contribution in [1.82, 2.24) is 4.90 Å². The molecule has 1 amide bonds. The van der Waals surface area contributed by atoms with Crippen LogP contribution in [0.25, 0.3) is 0 Å². The molecule has 0 unspecified atom stereocenters. The Balaban J connectivity index is 3.24. The molecular weight excluding hydrogens is 362 g/mol. The fourth-order valence-corrected chi connectivity index (χ4v) is 3.59. The predicted octanol–water partition coefficient (Wildman–Crippen LogP) is 6.35. The molecule has 0 aliphatic rings. The summed E-state index contributed by atoms with van der Waals surface area (Å²) >= 11 is 0. The number of amides is 1. The summed E-state index contributed by atoms with van der Waals surface area (Å²) in [5, 5.41) is 17.7. The number of unbranched alkanes of at least 4 members (excludes halogenated alkanes) is 15. The minimum atomic E-state index is -1.44. The van der Waals surface area contributed by atoms with Crippen LogP contribution in [-0.4, -0.2) is 40.9 Å². The second-order valence-electron chi connectivity index (χ2n) is 8.50. The van der Waals surface area contributed by atoms with Crippen LogP contribution in [0.4, 0.5) is 0 Å². The molecule has 0 aliphatic carbocycles. The van der Waals surface area contributed by atoms with E-state index in [0.29, 0.717) is 6.42 Å². The van der Waals surface area contributed by atoms with E-state index in [9.17, 15) is 4.79 Å². The molecule has 2 N–H and O–H groups in total. The zero-order valence-corrected chi connectivity index (χ0v) is 19.4. The maximum Gasteiger partial charge on any atom is 0.222 e. The third-order valence-electron chi connectivity index (χ3n) is 5.52. The Morgan fingerprint density at radius 1 is 0.724 bits per heavy atom. The van der Waals surface area contributed by atoms with Crippen molar-refractivity contribution < 1.29 is 15.0 Å². The number of allylic oxidation sites excluding steroid dienone is 2. The SMILES string of the molecule is CCCCCCCC/C=C\CCCCCCCCCCCC(=O)N(C)CC(O)O. The number of hydrogen-bond donors (Lipinski definition) is 2. The highest BCUT2D eigenvalue weighted by Gasteiger charge is 2.10. The van der Waals surface area contributed by atoms with Gasteiger partial charge in [0.25, 0.3) is 0 Å². The molecule has 0 fully saturated rings. The van der Waals surface area contributed by atoms with Gasteiger partial charge in [-0.1, -0.05) is 96.1 Å². The molecule has 0 saturated carbocycles. The minimum absolute atomic E-state index is 0.000812. The summed E-state index contributed by atoms with van der Waals surface area (Å²) < 4.78 is 0. The number of nitrogens with zero attached hydrogens (tertiary/aromatic N) is 1. The molecule has 0 aromatic rings. The van der Waals surface area contributed by atoms with Crippen LogP contribution in [-0.2, 0) is 4.79 Å². The largest absolute Gasteiger partial charge is 0.367 e. The van der Waals surface area contributed by atoms with Crippen molar-refractivity contribution in [3.8, 4) is 0 Å². The smallest absolute Gasteiger partial charge is 0.222 e. The second kappa shape index (κ2) is 21.8. The summed E-state index contributed by atoms with van der Waals surface area (Å²) in [7, 11) is 1.62. The Labute approximate surface area is 180 Å². The van der Waals surface area contributed by atoms with E-state index in [2.05, 4.69) is 19.1 Å². The molecule has 0 radical (unpaired) electrons. The number of carbonyl (C=O) groups excluding carboxylic acids is 1. The number of hydrogen-bond acceptors (Lipinski definition) is 3. The van der Waals surface area contributed by atoms with E-state index in [0.717, 1.165) is 12.8 Å². The highest BCUT2D eigenvalue weighted by Crippen LogP contribution is 2.12. The monoisotopic (exact) mass is 411 g/mol. The fourth-order valence-electron chi connectivity index (χ4n) is 3.59. The molecule has 0 saturated heterocycles. The van der Waals surface area contributed by atoms with Crippen molar-refractivity contribution in [3.05, 3.63) is 12.2 Å². The zero-order chi connectivity index (χ0) is 21.6. The Kier molecular flexibility index (Phi) is 21.2. The molecule has 0 spiro atoms. The predicted molar refractivity (Wildman–Crippen MR) is 124 cm³/mol. The summed E-state index contributed by atoms with van der Waals surface area (Å²) in [5.74, 6) is -0.000812. The van der Waals surface area contributed by atoms with Crippen molar-refractivity contribution >= 4 is 5.91 Å². The number of aliphatic hydroxyl groups is 2. The lowest BCUT2D eigenvalue weighted by atomic mass is 10.1. The third-order valence-corrected chi connectivity index (χ3v) is 5.52. The molecule has 0 bridgehead atoms.